The van der Waals surface area contributed by atoms with E-state index in [-0.39, 0.29) is 24.9 Å². The molecule has 2 aliphatic heterocycles. The summed E-state index contributed by atoms with van der Waals surface area (Å²) in [6.07, 6.45) is 3.10. The van der Waals surface area contributed by atoms with Crippen LogP contribution in [0.4, 0.5) is 9.18 Å². The first-order valence-corrected chi connectivity index (χ1v) is 10.5. The SMILES string of the molecule is CCCCN1C(=O)C(=O)N(CN2CCCC(c3nc(-c4cccc(F)c4)no3)C2)C1=O. The molecule has 2 fully saturated rings. The Morgan fingerprint density at radius 1 is 1.19 bits per heavy atom. The summed E-state index contributed by atoms with van der Waals surface area (Å²) in [6.45, 7) is 3.44. The molecule has 2 saturated heterocycles. The fourth-order valence-corrected chi connectivity index (χ4v) is 3.92. The zero-order valence-corrected chi connectivity index (χ0v) is 17.3. The summed E-state index contributed by atoms with van der Waals surface area (Å²) in [4.78, 5) is 45.4. The van der Waals surface area contributed by atoms with Crippen molar-refractivity contribution in [1.82, 2.24) is 24.8 Å². The van der Waals surface area contributed by atoms with E-state index in [2.05, 4.69) is 10.1 Å². The van der Waals surface area contributed by atoms with Crippen LogP contribution in [0.1, 0.15) is 44.4 Å². The summed E-state index contributed by atoms with van der Waals surface area (Å²) in [7, 11) is 0. The average Bonchev–Trinajstić information content (AvgIpc) is 3.34. The third kappa shape index (κ3) is 4.34. The number of aromatic nitrogens is 2. The molecule has 0 saturated carbocycles. The first-order chi connectivity index (χ1) is 15.0. The number of carbonyl (C=O) groups is 3. The molecule has 0 spiro atoms. The van der Waals surface area contributed by atoms with Gasteiger partial charge in [-0.15, -0.1) is 0 Å². The number of unbranched alkanes of at least 4 members (excludes halogenated alkanes) is 1. The number of hydrogen-bond donors (Lipinski definition) is 0. The molecule has 0 N–H and O–H groups in total. The maximum atomic E-state index is 13.5. The number of rotatable bonds is 7. The molecular formula is C21H24FN5O4. The van der Waals surface area contributed by atoms with Crippen LogP contribution in [0.3, 0.4) is 0 Å². The molecule has 164 valence electrons. The van der Waals surface area contributed by atoms with E-state index < -0.39 is 17.8 Å². The van der Waals surface area contributed by atoms with E-state index in [1.165, 1.54) is 12.1 Å². The molecule has 0 bridgehead atoms. The molecule has 9 nitrogen and oxygen atoms in total. The summed E-state index contributed by atoms with van der Waals surface area (Å²) in [6, 6.07) is 5.41. The largest absolute Gasteiger partial charge is 0.339 e. The molecule has 2 aromatic rings. The van der Waals surface area contributed by atoms with Crippen LogP contribution in [-0.4, -0.2) is 69.0 Å². The smallest absolute Gasteiger partial charge is 0.335 e. The van der Waals surface area contributed by atoms with Gasteiger partial charge in [0.1, 0.15) is 5.82 Å². The van der Waals surface area contributed by atoms with Gasteiger partial charge in [-0.2, -0.15) is 4.98 Å². The van der Waals surface area contributed by atoms with Gasteiger partial charge in [0.25, 0.3) is 0 Å². The molecule has 2 aliphatic rings. The summed E-state index contributed by atoms with van der Waals surface area (Å²) in [5.74, 6) is -1.26. The zero-order chi connectivity index (χ0) is 22.0. The Kier molecular flexibility index (Phi) is 6.08. The molecule has 1 atom stereocenters. The number of carbonyl (C=O) groups excluding carboxylic acids is 3. The molecule has 1 aromatic heterocycles. The fourth-order valence-electron chi connectivity index (χ4n) is 3.92. The Morgan fingerprint density at radius 3 is 2.77 bits per heavy atom. The second kappa shape index (κ2) is 8.93. The molecule has 0 radical (unpaired) electrons. The van der Waals surface area contributed by atoms with Gasteiger partial charge in [0, 0.05) is 18.7 Å². The second-order valence-corrected chi connectivity index (χ2v) is 7.85. The van der Waals surface area contributed by atoms with Crippen molar-refractivity contribution in [2.75, 3.05) is 26.3 Å². The van der Waals surface area contributed by atoms with Crippen molar-refractivity contribution in [3.8, 4) is 11.4 Å². The number of imide groups is 2. The van der Waals surface area contributed by atoms with E-state index in [4.69, 9.17) is 4.52 Å². The lowest BCUT2D eigenvalue weighted by atomic mass is 9.98. The lowest BCUT2D eigenvalue weighted by molar-refractivity contribution is -0.144. The normalized spacial score (nSPS) is 20.2. The van der Waals surface area contributed by atoms with E-state index in [1.807, 2.05) is 11.8 Å². The minimum Gasteiger partial charge on any atom is -0.339 e. The molecule has 1 unspecified atom stereocenters. The lowest BCUT2D eigenvalue weighted by Gasteiger charge is -2.32. The Bertz CT molecular complexity index is 994. The average molecular weight is 429 g/mol. The monoisotopic (exact) mass is 429 g/mol. The van der Waals surface area contributed by atoms with Crippen LogP contribution in [-0.2, 0) is 9.59 Å². The highest BCUT2D eigenvalue weighted by Crippen LogP contribution is 2.28. The van der Waals surface area contributed by atoms with Gasteiger partial charge in [-0.05, 0) is 37.9 Å². The zero-order valence-electron chi connectivity index (χ0n) is 17.3. The third-order valence-corrected chi connectivity index (χ3v) is 5.59. The summed E-state index contributed by atoms with van der Waals surface area (Å²) in [5, 5.41) is 3.96. The predicted octanol–water partition coefficient (Wildman–Crippen LogP) is 2.60. The Morgan fingerprint density at radius 2 is 2.00 bits per heavy atom. The minimum absolute atomic E-state index is 0.0490. The molecule has 1 aromatic carbocycles. The van der Waals surface area contributed by atoms with Crippen molar-refractivity contribution >= 4 is 17.8 Å². The van der Waals surface area contributed by atoms with Crippen LogP contribution in [0.25, 0.3) is 11.4 Å². The highest BCUT2D eigenvalue weighted by molar-refractivity contribution is 6.44. The molecule has 31 heavy (non-hydrogen) atoms. The number of benzene rings is 1. The van der Waals surface area contributed by atoms with Gasteiger partial charge in [-0.3, -0.25) is 19.4 Å². The van der Waals surface area contributed by atoms with Crippen molar-refractivity contribution in [3.05, 3.63) is 36.0 Å². The van der Waals surface area contributed by atoms with E-state index in [0.29, 0.717) is 36.8 Å². The first-order valence-electron chi connectivity index (χ1n) is 10.5. The summed E-state index contributed by atoms with van der Waals surface area (Å²) in [5.41, 5.74) is 0.529. The third-order valence-electron chi connectivity index (χ3n) is 5.59. The van der Waals surface area contributed by atoms with Crippen LogP contribution in [0.15, 0.2) is 28.8 Å². The quantitative estimate of drug-likeness (QED) is 0.493. The van der Waals surface area contributed by atoms with Gasteiger partial charge in [0.05, 0.1) is 12.6 Å². The summed E-state index contributed by atoms with van der Waals surface area (Å²) < 4.78 is 18.9. The van der Waals surface area contributed by atoms with Crippen molar-refractivity contribution < 1.29 is 23.3 Å². The van der Waals surface area contributed by atoms with Crippen LogP contribution < -0.4 is 0 Å². The van der Waals surface area contributed by atoms with E-state index >= 15 is 0 Å². The standard InChI is InChI=1S/C21H24FN5O4/c1-2-3-10-26-19(28)20(29)27(21(26)30)13-25-9-5-7-15(12-25)18-23-17(24-31-18)14-6-4-8-16(22)11-14/h4,6,8,11,15H,2-3,5,7,9-10,12-13H2,1H3. The van der Waals surface area contributed by atoms with Crippen molar-refractivity contribution in [1.29, 1.82) is 0 Å². The molecule has 4 amide bonds. The topological polar surface area (TPSA) is 99.9 Å². The lowest BCUT2D eigenvalue weighted by Crippen LogP contribution is -2.45. The van der Waals surface area contributed by atoms with Gasteiger partial charge in [0.2, 0.25) is 11.7 Å². The van der Waals surface area contributed by atoms with E-state index in [9.17, 15) is 18.8 Å². The van der Waals surface area contributed by atoms with Crippen LogP contribution >= 0.6 is 0 Å². The summed E-state index contributed by atoms with van der Waals surface area (Å²) >= 11 is 0. The van der Waals surface area contributed by atoms with Crippen molar-refractivity contribution in [2.24, 2.45) is 0 Å². The maximum absolute atomic E-state index is 13.5. The van der Waals surface area contributed by atoms with Crippen molar-refractivity contribution in [3.63, 3.8) is 0 Å². The first kappa shape index (κ1) is 21.1. The molecular weight excluding hydrogens is 405 g/mol. The van der Waals surface area contributed by atoms with Crippen LogP contribution in [0.5, 0.6) is 0 Å². The molecule has 10 heteroatoms. The Balaban J connectivity index is 1.42. The highest BCUT2D eigenvalue weighted by Gasteiger charge is 2.45. The minimum atomic E-state index is -0.783. The Hall–Kier alpha value is -3.14. The van der Waals surface area contributed by atoms with Gasteiger partial charge in [-0.25, -0.2) is 14.1 Å². The van der Waals surface area contributed by atoms with Crippen LogP contribution in [0, 0.1) is 5.82 Å². The van der Waals surface area contributed by atoms with Gasteiger partial charge < -0.3 is 4.52 Å². The molecule has 0 aliphatic carbocycles. The van der Waals surface area contributed by atoms with Gasteiger partial charge in [-0.1, -0.05) is 30.6 Å². The number of urea groups is 1. The number of piperidine rings is 1. The van der Waals surface area contributed by atoms with E-state index in [0.717, 1.165) is 29.1 Å². The second-order valence-electron chi connectivity index (χ2n) is 7.85. The molecule has 4 rings (SSSR count). The number of likely N-dealkylation sites (tertiary alicyclic amines) is 1. The van der Waals surface area contributed by atoms with Gasteiger partial charge >= 0.3 is 17.8 Å². The molecule has 3 heterocycles. The number of amides is 4. The predicted molar refractivity (Wildman–Crippen MR) is 107 cm³/mol. The van der Waals surface area contributed by atoms with E-state index in [1.54, 1.807) is 12.1 Å². The van der Waals surface area contributed by atoms with Gasteiger partial charge in [0.15, 0.2) is 0 Å². The fraction of sp³-hybridized carbons (Fsp3) is 0.476. The number of hydrogen-bond acceptors (Lipinski definition) is 7. The number of nitrogens with zero attached hydrogens (tertiary/aromatic N) is 5. The van der Waals surface area contributed by atoms with Crippen LogP contribution in [0.2, 0.25) is 0 Å². The van der Waals surface area contributed by atoms with Crippen molar-refractivity contribution in [2.45, 2.75) is 38.5 Å². The maximum Gasteiger partial charge on any atom is 0.335 e. The Labute approximate surface area is 178 Å². The highest BCUT2D eigenvalue weighted by atomic mass is 19.1. The number of halogens is 1.